The van der Waals surface area contributed by atoms with Crippen LogP contribution in [0.5, 0.6) is 0 Å². The van der Waals surface area contributed by atoms with Gasteiger partial charge < -0.3 is 0 Å². The Morgan fingerprint density at radius 3 is 1.65 bits per heavy atom. The molecule has 2 aromatic carbocycles. The molecule has 0 heteroatoms. The van der Waals surface area contributed by atoms with Gasteiger partial charge in [0.2, 0.25) is 0 Å². The van der Waals surface area contributed by atoms with Gasteiger partial charge in [0.05, 0.1) is 0 Å². The minimum absolute atomic E-state index is 1.00. The largest absolute Gasteiger partial charge is 0.0979 e. The maximum Gasteiger partial charge on any atom is 0.0249 e. The Labute approximate surface area is 160 Å². The summed E-state index contributed by atoms with van der Waals surface area (Å²) >= 11 is 0. The van der Waals surface area contributed by atoms with Crippen LogP contribution in [0, 0.1) is 23.7 Å². The summed E-state index contributed by atoms with van der Waals surface area (Å²) in [7, 11) is 0. The molecule has 2 aromatic rings. The van der Waals surface area contributed by atoms with Crippen molar-refractivity contribution in [1.82, 2.24) is 0 Å². The molecule has 0 N–H and O–H groups in total. The van der Waals surface area contributed by atoms with Crippen molar-refractivity contribution in [2.24, 2.45) is 0 Å². The molecular weight excluding hydrogens is 312 g/mol. The number of aryl methyl sites for hydroxylation is 1. The van der Waals surface area contributed by atoms with Crippen LogP contribution in [0.15, 0.2) is 48.5 Å². The van der Waals surface area contributed by atoms with E-state index in [-0.39, 0.29) is 0 Å². The van der Waals surface area contributed by atoms with Crippen molar-refractivity contribution in [1.29, 1.82) is 0 Å². The highest BCUT2D eigenvalue weighted by Gasteiger charge is 1.91. The second kappa shape index (κ2) is 12.0. The summed E-state index contributed by atoms with van der Waals surface area (Å²) in [5.41, 5.74) is 4.52. The van der Waals surface area contributed by atoms with Crippen LogP contribution in [-0.4, -0.2) is 0 Å². The summed E-state index contributed by atoms with van der Waals surface area (Å²) in [6.07, 6.45) is 9.99. The Balaban J connectivity index is 1.79. The van der Waals surface area contributed by atoms with E-state index in [2.05, 4.69) is 86.1 Å². The molecule has 0 heterocycles. The van der Waals surface area contributed by atoms with Crippen molar-refractivity contribution >= 4 is 0 Å². The zero-order chi connectivity index (χ0) is 18.5. The molecular formula is C26H30. The molecule has 0 radical (unpaired) electrons. The highest BCUT2D eigenvalue weighted by molar-refractivity contribution is 5.46. The second-order valence-corrected chi connectivity index (χ2v) is 6.70. The molecule has 0 amide bonds. The van der Waals surface area contributed by atoms with Gasteiger partial charge in [-0.2, -0.15) is 0 Å². The molecule has 0 aliphatic rings. The number of unbranched alkanes of at least 4 members (excludes halogenated alkanes) is 6. The van der Waals surface area contributed by atoms with E-state index < -0.39 is 0 Å². The Morgan fingerprint density at radius 1 is 0.577 bits per heavy atom. The van der Waals surface area contributed by atoms with Crippen molar-refractivity contribution in [2.75, 3.05) is 0 Å². The molecule has 134 valence electrons. The molecule has 0 spiro atoms. The monoisotopic (exact) mass is 342 g/mol. The van der Waals surface area contributed by atoms with Gasteiger partial charge in [-0.25, -0.2) is 0 Å². The summed E-state index contributed by atoms with van der Waals surface area (Å²) in [5.74, 6) is 13.0. The molecule has 0 nitrogen and oxygen atoms in total. The van der Waals surface area contributed by atoms with Gasteiger partial charge in [0.1, 0.15) is 0 Å². The van der Waals surface area contributed by atoms with Crippen molar-refractivity contribution in [3.63, 3.8) is 0 Å². The molecule has 0 fully saturated rings. The molecule has 0 atom stereocenters. The van der Waals surface area contributed by atoms with Gasteiger partial charge in [0, 0.05) is 23.1 Å². The van der Waals surface area contributed by atoms with E-state index in [0.717, 1.165) is 29.5 Å². The first kappa shape index (κ1) is 19.9. The van der Waals surface area contributed by atoms with Gasteiger partial charge in [-0.05, 0) is 54.8 Å². The van der Waals surface area contributed by atoms with Crippen LogP contribution in [0.4, 0.5) is 0 Å². The Bertz CT molecular complexity index is 755. The second-order valence-electron chi connectivity index (χ2n) is 6.70. The minimum atomic E-state index is 1.00. The summed E-state index contributed by atoms with van der Waals surface area (Å²) in [5, 5.41) is 0. The summed E-state index contributed by atoms with van der Waals surface area (Å²) in [6.45, 7) is 4.42. The van der Waals surface area contributed by atoms with Gasteiger partial charge >= 0.3 is 0 Å². The number of hydrogen-bond donors (Lipinski definition) is 0. The number of benzene rings is 2. The average Bonchev–Trinajstić information content (AvgIpc) is 2.69. The Morgan fingerprint density at radius 2 is 1.08 bits per heavy atom. The molecule has 0 aromatic heterocycles. The third-order valence-electron chi connectivity index (χ3n) is 4.49. The fourth-order valence-electron chi connectivity index (χ4n) is 2.76. The van der Waals surface area contributed by atoms with Gasteiger partial charge in [0.25, 0.3) is 0 Å². The highest BCUT2D eigenvalue weighted by atomic mass is 14.0. The highest BCUT2D eigenvalue weighted by Crippen LogP contribution is 2.07. The molecule has 0 aliphatic carbocycles. The zero-order valence-corrected chi connectivity index (χ0v) is 16.3. The van der Waals surface area contributed by atoms with Crippen LogP contribution in [0.3, 0.4) is 0 Å². The lowest BCUT2D eigenvalue weighted by Crippen LogP contribution is -1.81. The maximum absolute atomic E-state index is 3.29. The van der Waals surface area contributed by atoms with Crippen LogP contribution in [-0.2, 0) is 6.42 Å². The topological polar surface area (TPSA) is 0 Å². The van der Waals surface area contributed by atoms with Crippen molar-refractivity contribution in [2.45, 2.75) is 65.2 Å². The van der Waals surface area contributed by atoms with Gasteiger partial charge in [-0.15, -0.1) is 0 Å². The lowest BCUT2D eigenvalue weighted by atomic mass is 10.1. The average molecular weight is 343 g/mol. The number of rotatable bonds is 7. The van der Waals surface area contributed by atoms with Crippen molar-refractivity contribution in [3.05, 3.63) is 70.8 Å². The molecule has 0 saturated heterocycles. The first-order chi connectivity index (χ1) is 12.8. The fraction of sp³-hybridized carbons (Fsp3) is 0.385. The lowest BCUT2D eigenvalue weighted by molar-refractivity contribution is 0.614. The van der Waals surface area contributed by atoms with Gasteiger partial charge in [0.15, 0.2) is 0 Å². The van der Waals surface area contributed by atoms with E-state index in [0.29, 0.717) is 0 Å². The van der Waals surface area contributed by atoms with Gasteiger partial charge in [-0.3, -0.25) is 0 Å². The zero-order valence-electron chi connectivity index (χ0n) is 16.3. The Kier molecular flexibility index (Phi) is 9.18. The van der Waals surface area contributed by atoms with Crippen molar-refractivity contribution in [3.8, 4) is 23.7 Å². The van der Waals surface area contributed by atoms with Crippen LogP contribution in [0.25, 0.3) is 0 Å². The van der Waals surface area contributed by atoms with Crippen LogP contribution >= 0.6 is 0 Å². The third-order valence-corrected chi connectivity index (χ3v) is 4.49. The number of hydrogen-bond acceptors (Lipinski definition) is 0. The van der Waals surface area contributed by atoms with E-state index in [1.54, 1.807) is 0 Å². The normalized spacial score (nSPS) is 9.77. The van der Waals surface area contributed by atoms with E-state index in [1.807, 2.05) is 0 Å². The summed E-state index contributed by atoms with van der Waals surface area (Å²) in [4.78, 5) is 0. The first-order valence-corrected chi connectivity index (χ1v) is 10.0. The molecule has 0 unspecified atom stereocenters. The molecule has 0 saturated carbocycles. The summed E-state index contributed by atoms with van der Waals surface area (Å²) < 4.78 is 0. The SMILES string of the molecule is CCCCCCCCC#Cc1ccc(C#Cc2ccc(CC)cc2)cc1. The molecule has 0 aliphatic heterocycles. The predicted molar refractivity (Wildman–Crippen MR) is 113 cm³/mol. The lowest BCUT2D eigenvalue weighted by Gasteiger charge is -1.96. The molecule has 0 bridgehead atoms. The third kappa shape index (κ3) is 7.63. The minimum Gasteiger partial charge on any atom is -0.0979 e. The summed E-state index contributed by atoms with van der Waals surface area (Å²) in [6, 6.07) is 16.7. The van der Waals surface area contributed by atoms with E-state index in [9.17, 15) is 0 Å². The van der Waals surface area contributed by atoms with E-state index >= 15 is 0 Å². The fourth-order valence-corrected chi connectivity index (χ4v) is 2.76. The quantitative estimate of drug-likeness (QED) is 0.385. The smallest absolute Gasteiger partial charge is 0.0249 e. The van der Waals surface area contributed by atoms with Crippen LogP contribution < -0.4 is 0 Å². The Hall–Kier alpha value is -2.44. The first-order valence-electron chi connectivity index (χ1n) is 10.0. The maximum atomic E-state index is 3.29. The van der Waals surface area contributed by atoms with Crippen molar-refractivity contribution < 1.29 is 0 Å². The van der Waals surface area contributed by atoms with Gasteiger partial charge in [-0.1, -0.05) is 81.8 Å². The van der Waals surface area contributed by atoms with Crippen LogP contribution in [0.2, 0.25) is 0 Å². The van der Waals surface area contributed by atoms with Crippen LogP contribution in [0.1, 0.15) is 81.0 Å². The molecule has 26 heavy (non-hydrogen) atoms. The van der Waals surface area contributed by atoms with E-state index in [1.165, 1.54) is 44.1 Å². The standard InChI is InChI=1S/C26H30/c1-3-5-6-7-8-9-10-11-12-24-17-19-26(20-18-24)22-21-25-15-13-23(4-2)14-16-25/h13-20H,3-10H2,1-2H3. The molecule has 2 rings (SSSR count). The van der Waals surface area contributed by atoms with E-state index in [4.69, 9.17) is 0 Å². The predicted octanol–water partition coefficient (Wildman–Crippen LogP) is 6.75.